The number of benzene rings is 1. The molecule has 6 heteroatoms. The van der Waals surface area contributed by atoms with Crippen molar-refractivity contribution in [1.29, 1.82) is 0 Å². The van der Waals surface area contributed by atoms with Crippen molar-refractivity contribution < 1.29 is 4.79 Å². The van der Waals surface area contributed by atoms with Gasteiger partial charge < -0.3 is 11.1 Å². The van der Waals surface area contributed by atoms with Gasteiger partial charge in [-0.2, -0.15) is 0 Å². The van der Waals surface area contributed by atoms with E-state index in [0.29, 0.717) is 21.9 Å². The van der Waals surface area contributed by atoms with Crippen LogP contribution >= 0.6 is 11.3 Å². The quantitative estimate of drug-likeness (QED) is 0.391. The number of aryl methyl sites for hydroxylation is 1. The minimum absolute atomic E-state index is 0.204. The minimum atomic E-state index is -0.204. The number of nitrogens with zero attached hydrogens (tertiary/aromatic N) is 2. The number of hydrogen-bond acceptors (Lipinski definition) is 5. The second-order valence-electron chi connectivity index (χ2n) is 9.40. The molecule has 1 atom stereocenters. The lowest BCUT2D eigenvalue weighted by Crippen LogP contribution is -2.29. The van der Waals surface area contributed by atoms with Gasteiger partial charge in [-0.1, -0.05) is 33.3 Å². The molecule has 0 saturated carbocycles. The van der Waals surface area contributed by atoms with Crippen molar-refractivity contribution in [3.05, 3.63) is 58.7 Å². The molecule has 0 radical (unpaired) electrons. The second-order valence-corrected chi connectivity index (χ2v) is 10.4. The van der Waals surface area contributed by atoms with Gasteiger partial charge in [-0.3, -0.25) is 9.78 Å². The Hall–Kier alpha value is -2.99. The molecule has 1 aromatic carbocycles. The summed E-state index contributed by atoms with van der Waals surface area (Å²) in [5, 5.41) is 4.83. The zero-order chi connectivity index (χ0) is 22.5. The van der Waals surface area contributed by atoms with E-state index in [4.69, 9.17) is 10.7 Å². The number of thiophene rings is 1. The Balaban J connectivity index is 1.48. The fourth-order valence-corrected chi connectivity index (χ4v) is 5.70. The van der Waals surface area contributed by atoms with Gasteiger partial charge in [0.1, 0.15) is 9.71 Å². The van der Waals surface area contributed by atoms with E-state index in [1.54, 1.807) is 6.20 Å². The predicted molar refractivity (Wildman–Crippen MR) is 133 cm³/mol. The van der Waals surface area contributed by atoms with Crippen LogP contribution in [0.1, 0.15) is 54.5 Å². The van der Waals surface area contributed by atoms with E-state index in [1.807, 2.05) is 30.3 Å². The lowest BCUT2D eigenvalue weighted by Gasteiger charge is -2.36. The van der Waals surface area contributed by atoms with Crippen LogP contribution in [0.4, 0.5) is 11.4 Å². The summed E-state index contributed by atoms with van der Waals surface area (Å²) in [6.07, 6.45) is 6.09. The molecular formula is C26H28N4OS. The first-order valence-corrected chi connectivity index (χ1v) is 12.0. The van der Waals surface area contributed by atoms with Crippen LogP contribution in [0.3, 0.4) is 0 Å². The number of carbonyl (C=O) groups excluding carboxylic acids is 1. The summed E-state index contributed by atoms with van der Waals surface area (Å²) in [6.45, 7) is 6.99. The third-order valence-electron chi connectivity index (χ3n) is 7.20. The molecule has 5 nitrogen and oxygen atoms in total. The molecule has 3 heterocycles. The molecule has 5 rings (SSSR count). The number of amides is 1. The molecule has 0 saturated heterocycles. The van der Waals surface area contributed by atoms with E-state index in [1.165, 1.54) is 16.9 Å². The molecule has 0 aliphatic heterocycles. The number of rotatable bonds is 4. The van der Waals surface area contributed by atoms with Gasteiger partial charge in [0.2, 0.25) is 0 Å². The molecule has 4 aromatic rings. The van der Waals surface area contributed by atoms with Gasteiger partial charge in [0.05, 0.1) is 16.9 Å². The number of aromatic nitrogens is 2. The maximum absolute atomic E-state index is 13.2. The van der Waals surface area contributed by atoms with Crippen LogP contribution in [-0.2, 0) is 12.8 Å². The molecule has 0 unspecified atom stereocenters. The number of nitrogen functional groups attached to an aromatic ring is 1. The van der Waals surface area contributed by atoms with Crippen LogP contribution in [0, 0.1) is 11.3 Å². The van der Waals surface area contributed by atoms with Crippen molar-refractivity contribution >= 4 is 49.7 Å². The summed E-state index contributed by atoms with van der Waals surface area (Å²) in [5.74, 6) is 0.437. The van der Waals surface area contributed by atoms with E-state index >= 15 is 0 Å². The van der Waals surface area contributed by atoms with Gasteiger partial charge in [-0.15, -0.1) is 11.3 Å². The van der Waals surface area contributed by atoms with Gasteiger partial charge in [0, 0.05) is 22.7 Å². The SMILES string of the molecule is CCC(C)(C)[C@H]1CCc2nc3sc(C(=O)Nc4cccc5ncccc45)c(N)c3cc2C1. The summed E-state index contributed by atoms with van der Waals surface area (Å²) in [7, 11) is 0. The van der Waals surface area contributed by atoms with Gasteiger partial charge in [0.25, 0.3) is 5.91 Å². The highest BCUT2D eigenvalue weighted by atomic mass is 32.1. The summed E-state index contributed by atoms with van der Waals surface area (Å²) in [5.41, 5.74) is 11.3. The maximum Gasteiger partial charge on any atom is 0.267 e. The average Bonchev–Trinajstić information content (AvgIpc) is 3.13. The molecule has 0 spiro atoms. The van der Waals surface area contributed by atoms with E-state index in [9.17, 15) is 4.79 Å². The number of carbonyl (C=O) groups is 1. The Bertz CT molecular complexity index is 1340. The Kier molecular flexibility index (Phi) is 5.13. The van der Waals surface area contributed by atoms with Crippen LogP contribution in [0.2, 0.25) is 0 Å². The summed E-state index contributed by atoms with van der Waals surface area (Å²) >= 11 is 1.38. The molecule has 1 aliphatic carbocycles. The normalized spacial score (nSPS) is 16.3. The molecule has 3 aromatic heterocycles. The third-order valence-corrected chi connectivity index (χ3v) is 8.32. The van der Waals surface area contributed by atoms with Gasteiger partial charge >= 0.3 is 0 Å². The largest absolute Gasteiger partial charge is 0.397 e. The smallest absolute Gasteiger partial charge is 0.267 e. The zero-order valence-electron chi connectivity index (χ0n) is 18.7. The van der Waals surface area contributed by atoms with Crippen LogP contribution in [0.15, 0.2) is 42.6 Å². The maximum atomic E-state index is 13.2. The zero-order valence-corrected chi connectivity index (χ0v) is 19.6. The van der Waals surface area contributed by atoms with Crippen LogP contribution in [0.5, 0.6) is 0 Å². The third kappa shape index (κ3) is 3.52. The number of fused-ring (bicyclic) bond motifs is 3. The van der Waals surface area contributed by atoms with E-state index < -0.39 is 0 Å². The number of pyridine rings is 2. The average molecular weight is 445 g/mol. The second kappa shape index (κ2) is 7.85. The number of hydrogen-bond donors (Lipinski definition) is 2. The Labute approximate surface area is 192 Å². The summed E-state index contributed by atoms with van der Waals surface area (Å²) < 4.78 is 0. The molecule has 3 N–H and O–H groups in total. The van der Waals surface area contributed by atoms with Crippen molar-refractivity contribution in [2.45, 2.75) is 46.5 Å². The van der Waals surface area contributed by atoms with E-state index in [0.717, 1.165) is 58.2 Å². The summed E-state index contributed by atoms with van der Waals surface area (Å²) in [4.78, 5) is 23.8. The highest BCUT2D eigenvalue weighted by molar-refractivity contribution is 7.21. The Morgan fingerprint density at radius 1 is 1.25 bits per heavy atom. The van der Waals surface area contributed by atoms with Gasteiger partial charge in [0.15, 0.2) is 0 Å². The van der Waals surface area contributed by atoms with Crippen molar-refractivity contribution in [1.82, 2.24) is 9.97 Å². The fraction of sp³-hybridized carbons (Fsp3) is 0.346. The first kappa shape index (κ1) is 20.9. The standard InChI is InChI=1S/C26H28N4OS/c1-4-26(2,3)16-10-11-19-15(13-16)14-18-22(27)23(32-25(18)30-19)24(31)29-21-9-5-8-20-17(21)7-6-12-28-20/h5-9,12,14,16H,4,10-11,13,27H2,1-3H3,(H,29,31)/t16-/m0/s1. The fourth-order valence-electron chi connectivity index (χ4n) is 4.71. The Morgan fingerprint density at radius 2 is 2.09 bits per heavy atom. The predicted octanol–water partition coefficient (Wildman–Crippen LogP) is 6.22. The van der Waals surface area contributed by atoms with Gasteiger partial charge in [-0.05, 0) is 66.5 Å². The highest BCUT2D eigenvalue weighted by Crippen LogP contribution is 2.42. The molecule has 32 heavy (non-hydrogen) atoms. The number of anilines is 2. The first-order chi connectivity index (χ1) is 15.4. The van der Waals surface area contributed by atoms with Crippen molar-refractivity contribution in [3.63, 3.8) is 0 Å². The lowest BCUT2D eigenvalue weighted by molar-refractivity contribution is 0.103. The summed E-state index contributed by atoms with van der Waals surface area (Å²) in [6, 6.07) is 11.7. The van der Waals surface area contributed by atoms with Crippen LogP contribution in [0.25, 0.3) is 21.1 Å². The minimum Gasteiger partial charge on any atom is -0.397 e. The first-order valence-electron chi connectivity index (χ1n) is 11.2. The van der Waals surface area contributed by atoms with Crippen LogP contribution in [-0.4, -0.2) is 15.9 Å². The monoisotopic (exact) mass is 444 g/mol. The molecule has 0 fully saturated rings. The van der Waals surface area contributed by atoms with E-state index in [-0.39, 0.29) is 5.91 Å². The Morgan fingerprint density at radius 3 is 2.91 bits per heavy atom. The topological polar surface area (TPSA) is 80.9 Å². The molecule has 1 amide bonds. The van der Waals surface area contributed by atoms with Crippen molar-refractivity contribution in [2.24, 2.45) is 11.3 Å². The molecule has 164 valence electrons. The number of nitrogens with one attached hydrogen (secondary N) is 1. The molecule has 1 aliphatic rings. The molecular weight excluding hydrogens is 416 g/mol. The van der Waals surface area contributed by atoms with Gasteiger partial charge in [-0.25, -0.2) is 4.98 Å². The van der Waals surface area contributed by atoms with Crippen molar-refractivity contribution in [2.75, 3.05) is 11.1 Å². The van der Waals surface area contributed by atoms with Crippen LogP contribution < -0.4 is 11.1 Å². The van der Waals surface area contributed by atoms with Crippen molar-refractivity contribution in [3.8, 4) is 0 Å². The lowest BCUT2D eigenvalue weighted by atomic mass is 9.69. The molecule has 0 bridgehead atoms. The highest BCUT2D eigenvalue weighted by Gasteiger charge is 2.32. The van der Waals surface area contributed by atoms with E-state index in [2.05, 4.69) is 37.1 Å². The number of nitrogens with two attached hydrogens (primary N) is 1.